The van der Waals surface area contributed by atoms with Gasteiger partial charge in [-0.1, -0.05) is 11.3 Å². The molecule has 5 nitrogen and oxygen atoms in total. The van der Waals surface area contributed by atoms with Gasteiger partial charge in [-0.15, -0.1) is 10.2 Å². The number of nitrogens with one attached hydrogen (secondary N) is 1. The SMILES string of the molecule is Cc1c(F)cc(C#N)cc1NC(=O)c1nnc(Cl)s1. The van der Waals surface area contributed by atoms with Gasteiger partial charge in [0.15, 0.2) is 0 Å². The van der Waals surface area contributed by atoms with E-state index in [1.54, 1.807) is 0 Å². The van der Waals surface area contributed by atoms with Gasteiger partial charge in [0.25, 0.3) is 5.91 Å². The van der Waals surface area contributed by atoms with Crippen LogP contribution in [0, 0.1) is 24.1 Å². The predicted molar refractivity (Wildman–Crippen MR) is 68.7 cm³/mol. The van der Waals surface area contributed by atoms with Crippen LogP contribution in [-0.2, 0) is 0 Å². The zero-order valence-electron chi connectivity index (χ0n) is 9.57. The molecule has 1 heterocycles. The summed E-state index contributed by atoms with van der Waals surface area (Å²) in [6.07, 6.45) is 0. The van der Waals surface area contributed by atoms with Gasteiger partial charge in [-0.25, -0.2) is 4.39 Å². The minimum Gasteiger partial charge on any atom is -0.319 e. The van der Waals surface area contributed by atoms with Crippen molar-refractivity contribution in [2.75, 3.05) is 5.32 Å². The quantitative estimate of drug-likeness (QED) is 0.924. The summed E-state index contributed by atoms with van der Waals surface area (Å²) < 4.78 is 13.7. The number of halogens is 2. The average molecular weight is 297 g/mol. The standard InChI is InChI=1S/C11H6ClFN4OS/c1-5-7(13)2-6(4-14)3-8(5)15-9(18)10-16-17-11(12)19-10/h2-3H,1H3,(H,15,18). The number of hydrogen-bond donors (Lipinski definition) is 1. The van der Waals surface area contributed by atoms with Gasteiger partial charge >= 0.3 is 0 Å². The first-order chi connectivity index (χ1) is 9.01. The summed E-state index contributed by atoms with van der Waals surface area (Å²) in [5, 5.41) is 18.4. The van der Waals surface area contributed by atoms with Crippen molar-refractivity contribution in [1.82, 2.24) is 10.2 Å². The topological polar surface area (TPSA) is 78.7 Å². The van der Waals surface area contributed by atoms with E-state index in [4.69, 9.17) is 16.9 Å². The first-order valence-corrected chi connectivity index (χ1v) is 6.21. The molecule has 0 fully saturated rings. The van der Waals surface area contributed by atoms with Crippen LogP contribution in [0.15, 0.2) is 12.1 Å². The third-order valence-corrected chi connectivity index (χ3v) is 3.33. The maximum Gasteiger partial charge on any atom is 0.286 e. The number of nitriles is 1. The summed E-state index contributed by atoms with van der Waals surface area (Å²) in [4.78, 5) is 11.8. The third kappa shape index (κ3) is 2.86. The van der Waals surface area contributed by atoms with E-state index in [-0.39, 0.29) is 26.3 Å². The van der Waals surface area contributed by atoms with Crippen LogP contribution >= 0.6 is 22.9 Å². The number of amides is 1. The van der Waals surface area contributed by atoms with Gasteiger partial charge in [-0.2, -0.15) is 5.26 Å². The molecular weight excluding hydrogens is 291 g/mol. The lowest BCUT2D eigenvalue weighted by Crippen LogP contribution is -2.13. The van der Waals surface area contributed by atoms with E-state index in [9.17, 15) is 9.18 Å². The summed E-state index contributed by atoms with van der Waals surface area (Å²) in [5.41, 5.74) is 0.574. The fourth-order valence-corrected chi connectivity index (χ4v) is 2.07. The van der Waals surface area contributed by atoms with Gasteiger partial charge in [-0.3, -0.25) is 4.79 Å². The molecule has 0 spiro atoms. The van der Waals surface area contributed by atoms with Crippen molar-refractivity contribution in [3.8, 4) is 6.07 Å². The fraction of sp³-hybridized carbons (Fsp3) is 0.0909. The molecule has 0 saturated carbocycles. The zero-order chi connectivity index (χ0) is 14.0. The van der Waals surface area contributed by atoms with Crippen molar-refractivity contribution in [2.45, 2.75) is 6.92 Å². The monoisotopic (exact) mass is 296 g/mol. The highest BCUT2D eigenvalue weighted by Crippen LogP contribution is 2.22. The molecule has 2 aromatic rings. The van der Waals surface area contributed by atoms with Crippen molar-refractivity contribution in [2.24, 2.45) is 0 Å². The number of anilines is 1. The number of carbonyl (C=O) groups is 1. The van der Waals surface area contributed by atoms with Crippen LogP contribution in [-0.4, -0.2) is 16.1 Å². The normalized spacial score (nSPS) is 10.0. The Morgan fingerprint density at radius 2 is 2.26 bits per heavy atom. The Bertz CT molecular complexity index is 694. The van der Waals surface area contributed by atoms with Crippen LogP contribution in [0.2, 0.25) is 4.47 Å². The smallest absolute Gasteiger partial charge is 0.286 e. The largest absolute Gasteiger partial charge is 0.319 e. The number of rotatable bonds is 2. The average Bonchev–Trinajstić information content (AvgIpc) is 2.81. The summed E-state index contributed by atoms with van der Waals surface area (Å²) in [7, 11) is 0. The van der Waals surface area contributed by atoms with E-state index in [1.807, 2.05) is 6.07 Å². The summed E-state index contributed by atoms with van der Waals surface area (Å²) in [6.45, 7) is 1.50. The molecule has 1 aromatic carbocycles. The van der Waals surface area contributed by atoms with Crippen LogP contribution < -0.4 is 5.32 Å². The van der Waals surface area contributed by atoms with Crippen molar-refractivity contribution in [1.29, 1.82) is 5.26 Å². The number of hydrogen-bond acceptors (Lipinski definition) is 5. The number of carbonyl (C=O) groups excluding carboxylic acids is 1. The van der Waals surface area contributed by atoms with Crippen molar-refractivity contribution in [3.63, 3.8) is 0 Å². The van der Waals surface area contributed by atoms with Crippen LogP contribution in [0.4, 0.5) is 10.1 Å². The molecule has 1 amide bonds. The Kier molecular flexibility index (Phi) is 3.74. The molecule has 2 rings (SSSR count). The molecule has 1 N–H and O–H groups in total. The van der Waals surface area contributed by atoms with Gasteiger partial charge in [-0.05, 0) is 30.7 Å². The minimum atomic E-state index is -0.565. The van der Waals surface area contributed by atoms with E-state index >= 15 is 0 Å². The maximum atomic E-state index is 13.5. The highest BCUT2D eigenvalue weighted by atomic mass is 35.5. The Labute approximate surface area is 116 Å². The first-order valence-electron chi connectivity index (χ1n) is 5.02. The number of benzene rings is 1. The lowest BCUT2D eigenvalue weighted by Gasteiger charge is -2.08. The molecule has 1 aromatic heterocycles. The fourth-order valence-electron chi connectivity index (χ4n) is 1.35. The molecule has 0 unspecified atom stereocenters. The molecular formula is C11H6ClFN4OS. The first kappa shape index (κ1) is 13.4. The Balaban J connectivity index is 2.31. The second-order valence-corrected chi connectivity index (χ2v) is 5.12. The van der Waals surface area contributed by atoms with Gasteiger partial charge in [0.05, 0.1) is 11.6 Å². The van der Waals surface area contributed by atoms with E-state index in [0.717, 1.165) is 17.4 Å². The molecule has 0 aliphatic rings. The summed E-state index contributed by atoms with van der Waals surface area (Å²) in [6, 6.07) is 4.31. The maximum absolute atomic E-state index is 13.5. The summed E-state index contributed by atoms with van der Waals surface area (Å²) in [5.74, 6) is -1.12. The number of aromatic nitrogens is 2. The van der Waals surface area contributed by atoms with Gasteiger partial charge < -0.3 is 5.32 Å². The van der Waals surface area contributed by atoms with E-state index < -0.39 is 11.7 Å². The molecule has 8 heteroatoms. The third-order valence-electron chi connectivity index (χ3n) is 2.32. The molecule has 0 aliphatic heterocycles. The van der Waals surface area contributed by atoms with Gasteiger partial charge in [0.1, 0.15) is 5.82 Å². The molecule has 0 bridgehead atoms. The van der Waals surface area contributed by atoms with Crippen LogP contribution in [0.3, 0.4) is 0 Å². The molecule has 0 saturated heterocycles. The predicted octanol–water partition coefficient (Wildman–Crippen LogP) is 2.76. The highest BCUT2D eigenvalue weighted by Gasteiger charge is 2.15. The Morgan fingerprint density at radius 3 is 2.84 bits per heavy atom. The second kappa shape index (κ2) is 5.30. The minimum absolute atomic E-state index is 0.0622. The van der Waals surface area contributed by atoms with E-state index in [0.29, 0.717) is 0 Å². The van der Waals surface area contributed by atoms with Crippen LogP contribution in [0.1, 0.15) is 20.9 Å². The van der Waals surface area contributed by atoms with Crippen molar-refractivity contribution in [3.05, 3.63) is 38.6 Å². The van der Waals surface area contributed by atoms with E-state index in [1.165, 1.54) is 13.0 Å². The zero-order valence-corrected chi connectivity index (χ0v) is 11.1. The lowest BCUT2D eigenvalue weighted by molar-refractivity contribution is 0.102. The highest BCUT2D eigenvalue weighted by molar-refractivity contribution is 7.17. The molecule has 0 aliphatic carbocycles. The molecule has 0 atom stereocenters. The van der Waals surface area contributed by atoms with Crippen molar-refractivity contribution >= 4 is 34.5 Å². The molecule has 0 radical (unpaired) electrons. The lowest BCUT2D eigenvalue weighted by atomic mass is 10.1. The van der Waals surface area contributed by atoms with Gasteiger partial charge in [0, 0.05) is 11.3 Å². The Morgan fingerprint density at radius 1 is 1.53 bits per heavy atom. The summed E-state index contributed by atoms with van der Waals surface area (Å²) >= 11 is 6.48. The van der Waals surface area contributed by atoms with Gasteiger partial charge in [0.2, 0.25) is 9.47 Å². The number of nitrogens with zero attached hydrogens (tertiary/aromatic N) is 3. The van der Waals surface area contributed by atoms with E-state index in [2.05, 4.69) is 15.5 Å². The molecule has 19 heavy (non-hydrogen) atoms. The second-order valence-electron chi connectivity index (χ2n) is 3.56. The van der Waals surface area contributed by atoms with Crippen LogP contribution in [0.25, 0.3) is 0 Å². The van der Waals surface area contributed by atoms with Crippen LogP contribution in [0.5, 0.6) is 0 Å². The Hall–Kier alpha value is -2.04. The molecule has 96 valence electrons. The van der Waals surface area contributed by atoms with Crippen molar-refractivity contribution < 1.29 is 9.18 Å².